The van der Waals surface area contributed by atoms with E-state index in [4.69, 9.17) is 23.2 Å². The molecule has 1 saturated heterocycles. The van der Waals surface area contributed by atoms with Gasteiger partial charge in [-0.3, -0.25) is 0 Å². The normalized spacial score (nSPS) is 24.9. The van der Waals surface area contributed by atoms with Gasteiger partial charge in [0.15, 0.2) is 0 Å². The smallest absolute Gasteiger partial charge is 0.127 e. The van der Waals surface area contributed by atoms with Gasteiger partial charge < -0.3 is 9.80 Å². The Morgan fingerprint density at radius 2 is 1.71 bits per heavy atom. The zero-order chi connectivity index (χ0) is 12.3. The van der Waals surface area contributed by atoms with Crippen molar-refractivity contribution in [2.45, 2.75) is 13.5 Å². The summed E-state index contributed by atoms with van der Waals surface area (Å²) in [6.45, 7) is 9.55. The molecule has 1 heterocycles. The van der Waals surface area contributed by atoms with Gasteiger partial charge in [0.1, 0.15) is 32.7 Å². The molecule has 0 atom stereocenters. The summed E-state index contributed by atoms with van der Waals surface area (Å²) < 4.78 is 0. The second kappa shape index (κ2) is 6.05. The van der Waals surface area contributed by atoms with Gasteiger partial charge in [-0.1, -0.05) is 29.3 Å². The van der Waals surface area contributed by atoms with Gasteiger partial charge in [-0.25, -0.2) is 0 Å². The van der Waals surface area contributed by atoms with Gasteiger partial charge in [0.2, 0.25) is 0 Å². The quantitative estimate of drug-likeness (QED) is 0.785. The number of likely N-dealkylation sites (N-methyl/N-ethyl adjacent to an activating group) is 1. The Hall–Kier alpha value is -0.280. The second-order valence-electron chi connectivity index (χ2n) is 4.77. The third-order valence-electron chi connectivity index (χ3n) is 3.62. The lowest BCUT2D eigenvalue weighted by Crippen LogP contribution is -3.27. The highest BCUT2D eigenvalue weighted by atomic mass is 35.5. The van der Waals surface area contributed by atoms with Crippen molar-refractivity contribution in [1.29, 1.82) is 0 Å². The Morgan fingerprint density at radius 1 is 1.06 bits per heavy atom. The number of halogens is 2. The first-order valence-electron chi connectivity index (χ1n) is 6.30. The minimum Gasteiger partial charge on any atom is -0.326 e. The molecule has 1 aromatic rings. The van der Waals surface area contributed by atoms with Crippen molar-refractivity contribution in [3.8, 4) is 0 Å². The van der Waals surface area contributed by atoms with Crippen molar-refractivity contribution < 1.29 is 9.80 Å². The lowest BCUT2D eigenvalue weighted by molar-refractivity contribution is -1.02. The van der Waals surface area contributed by atoms with Gasteiger partial charge in [0.05, 0.1) is 11.6 Å². The van der Waals surface area contributed by atoms with E-state index >= 15 is 0 Å². The molecule has 4 heteroatoms. The lowest BCUT2D eigenvalue weighted by Gasteiger charge is -2.29. The van der Waals surface area contributed by atoms with Crippen LogP contribution in [0, 0.1) is 0 Å². The number of piperazine rings is 1. The van der Waals surface area contributed by atoms with Crippen molar-refractivity contribution in [2.24, 2.45) is 0 Å². The van der Waals surface area contributed by atoms with Gasteiger partial charge in [-0.05, 0) is 19.1 Å². The first kappa shape index (κ1) is 13.2. The van der Waals surface area contributed by atoms with E-state index < -0.39 is 0 Å². The molecular weight excluding hydrogens is 255 g/mol. The second-order valence-corrected chi connectivity index (χ2v) is 5.61. The maximum Gasteiger partial charge on any atom is 0.127 e. The lowest BCUT2D eigenvalue weighted by atomic mass is 10.2. The molecule has 0 saturated carbocycles. The molecule has 2 N–H and O–H groups in total. The van der Waals surface area contributed by atoms with E-state index in [0.29, 0.717) is 5.02 Å². The van der Waals surface area contributed by atoms with Crippen LogP contribution in [0.1, 0.15) is 12.5 Å². The fraction of sp³-hybridized carbons (Fsp3) is 0.538. The molecule has 2 rings (SSSR count). The van der Waals surface area contributed by atoms with Gasteiger partial charge in [0.25, 0.3) is 0 Å². The number of rotatable bonds is 3. The van der Waals surface area contributed by atoms with E-state index in [1.54, 1.807) is 9.80 Å². The molecule has 0 unspecified atom stereocenters. The summed E-state index contributed by atoms with van der Waals surface area (Å²) in [7, 11) is 0. The molecule has 1 aromatic carbocycles. The molecular formula is C13H20Cl2N2+2. The predicted molar refractivity (Wildman–Crippen MR) is 72.1 cm³/mol. The number of benzene rings is 1. The summed E-state index contributed by atoms with van der Waals surface area (Å²) in [6.07, 6.45) is 0. The highest BCUT2D eigenvalue weighted by molar-refractivity contribution is 6.35. The highest BCUT2D eigenvalue weighted by Gasteiger charge is 2.22. The van der Waals surface area contributed by atoms with Crippen molar-refractivity contribution in [2.75, 3.05) is 32.7 Å². The molecule has 0 aromatic heterocycles. The average Bonchev–Trinajstić information content (AvgIpc) is 2.34. The van der Waals surface area contributed by atoms with Crippen LogP contribution in [0.2, 0.25) is 10.0 Å². The molecule has 0 bridgehead atoms. The van der Waals surface area contributed by atoms with E-state index in [1.807, 2.05) is 12.1 Å². The molecule has 1 aliphatic rings. The van der Waals surface area contributed by atoms with Crippen LogP contribution in [0.3, 0.4) is 0 Å². The molecule has 0 amide bonds. The first-order valence-corrected chi connectivity index (χ1v) is 7.05. The van der Waals surface area contributed by atoms with Crippen LogP contribution >= 0.6 is 23.2 Å². The van der Waals surface area contributed by atoms with Crippen molar-refractivity contribution in [3.63, 3.8) is 0 Å². The van der Waals surface area contributed by atoms with E-state index in [1.165, 1.54) is 38.3 Å². The van der Waals surface area contributed by atoms with Gasteiger partial charge in [0, 0.05) is 10.6 Å². The third-order valence-corrected chi connectivity index (χ3v) is 4.21. The molecule has 2 nitrogen and oxygen atoms in total. The number of hydrogen-bond donors (Lipinski definition) is 2. The highest BCUT2D eigenvalue weighted by Crippen LogP contribution is 2.20. The molecule has 17 heavy (non-hydrogen) atoms. The Balaban J connectivity index is 1.93. The monoisotopic (exact) mass is 274 g/mol. The maximum atomic E-state index is 6.20. The molecule has 1 fully saturated rings. The predicted octanol–water partition coefficient (Wildman–Crippen LogP) is 0.297. The van der Waals surface area contributed by atoms with Crippen molar-refractivity contribution in [3.05, 3.63) is 33.8 Å². The molecule has 0 aliphatic carbocycles. The molecule has 0 spiro atoms. The maximum absolute atomic E-state index is 6.20. The summed E-state index contributed by atoms with van der Waals surface area (Å²) in [6, 6.07) is 5.82. The van der Waals surface area contributed by atoms with Gasteiger partial charge in [-0.15, -0.1) is 0 Å². The largest absolute Gasteiger partial charge is 0.326 e. The Labute approximate surface area is 113 Å². The average molecular weight is 275 g/mol. The Bertz CT molecular complexity index is 374. The molecule has 1 aliphatic heterocycles. The van der Waals surface area contributed by atoms with E-state index in [9.17, 15) is 0 Å². The van der Waals surface area contributed by atoms with Crippen LogP contribution in [0.5, 0.6) is 0 Å². The van der Waals surface area contributed by atoms with Crippen LogP contribution in [-0.4, -0.2) is 32.7 Å². The topological polar surface area (TPSA) is 8.88 Å². The fourth-order valence-corrected chi connectivity index (χ4v) is 2.90. The summed E-state index contributed by atoms with van der Waals surface area (Å²) in [5.41, 5.74) is 1.21. The first-order chi connectivity index (χ1) is 8.19. The molecule has 94 valence electrons. The van der Waals surface area contributed by atoms with Crippen LogP contribution in [-0.2, 0) is 6.54 Å². The van der Waals surface area contributed by atoms with Crippen LogP contribution in [0.15, 0.2) is 18.2 Å². The zero-order valence-electron chi connectivity index (χ0n) is 10.2. The molecule has 0 radical (unpaired) electrons. The van der Waals surface area contributed by atoms with Crippen LogP contribution < -0.4 is 9.80 Å². The minimum absolute atomic E-state index is 0.717. The number of hydrogen-bond acceptors (Lipinski definition) is 0. The summed E-state index contributed by atoms with van der Waals surface area (Å²) in [5.74, 6) is 0. The Morgan fingerprint density at radius 3 is 2.29 bits per heavy atom. The van der Waals surface area contributed by atoms with E-state index in [2.05, 4.69) is 13.0 Å². The fourth-order valence-electron chi connectivity index (χ4n) is 2.42. The summed E-state index contributed by atoms with van der Waals surface area (Å²) in [5, 5.41) is 1.52. The standard InChI is InChI=1S/C13H18Cl2N2/c1-2-16-5-7-17(8-6-16)10-11-3-4-12(14)9-13(11)15/h3-4,9H,2,5-8,10H2,1H3/p+2. The van der Waals surface area contributed by atoms with Crippen molar-refractivity contribution >= 4 is 23.2 Å². The summed E-state index contributed by atoms with van der Waals surface area (Å²) in [4.78, 5) is 3.35. The Kier molecular flexibility index (Phi) is 4.69. The number of nitrogens with one attached hydrogen (secondary N) is 2. The third kappa shape index (κ3) is 3.59. The van der Waals surface area contributed by atoms with Crippen LogP contribution in [0.4, 0.5) is 0 Å². The minimum atomic E-state index is 0.717. The van der Waals surface area contributed by atoms with E-state index in [0.717, 1.165) is 11.6 Å². The van der Waals surface area contributed by atoms with Gasteiger partial charge in [-0.2, -0.15) is 0 Å². The van der Waals surface area contributed by atoms with Gasteiger partial charge >= 0.3 is 0 Å². The number of quaternary nitrogens is 2. The SMILES string of the molecule is CC[NH+]1CC[NH+](Cc2ccc(Cl)cc2Cl)CC1. The summed E-state index contributed by atoms with van der Waals surface area (Å²) >= 11 is 12.1. The van der Waals surface area contributed by atoms with Crippen molar-refractivity contribution in [1.82, 2.24) is 0 Å². The zero-order valence-corrected chi connectivity index (χ0v) is 11.7. The van der Waals surface area contributed by atoms with E-state index in [-0.39, 0.29) is 0 Å². The van der Waals surface area contributed by atoms with Crippen LogP contribution in [0.25, 0.3) is 0 Å².